The third-order valence-corrected chi connectivity index (χ3v) is 11.0. The molecule has 0 aliphatic carbocycles. The van der Waals surface area contributed by atoms with Gasteiger partial charge < -0.3 is 29.9 Å². The van der Waals surface area contributed by atoms with Crippen molar-refractivity contribution in [3.05, 3.63) is 0 Å². The minimum atomic E-state index is -1.78. The van der Waals surface area contributed by atoms with Gasteiger partial charge in [-0.1, -0.05) is 23.5 Å². The summed E-state index contributed by atoms with van der Waals surface area (Å²) < 4.78 is 11.2. The lowest BCUT2D eigenvalue weighted by molar-refractivity contribution is -0.137. The van der Waals surface area contributed by atoms with Crippen LogP contribution < -0.4 is 0 Å². The van der Waals surface area contributed by atoms with Crippen molar-refractivity contribution in [3.8, 4) is 0 Å². The van der Waals surface area contributed by atoms with Crippen LogP contribution in [0.4, 0.5) is 0 Å². The zero-order valence-corrected chi connectivity index (χ0v) is 20.4. The lowest BCUT2D eigenvalue weighted by Crippen LogP contribution is -2.40. The highest BCUT2D eigenvalue weighted by atomic mass is 32.2. The normalized spacial score (nSPS) is 14.8. The van der Waals surface area contributed by atoms with E-state index in [0.717, 1.165) is 0 Å². The number of carboxylic acid groups (broad SMARTS) is 2. The van der Waals surface area contributed by atoms with Crippen LogP contribution in [-0.2, 0) is 19.1 Å². The summed E-state index contributed by atoms with van der Waals surface area (Å²) in [5, 5.41) is 36.5. The van der Waals surface area contributed by atoms with Crippen molar-refractivity contribution < 1.29 is 39.5 Å². The molecule has 0 aliphatic heterocycles. The van der Waals surface area contributed by atoms with Gasteiger partial charge in [0.05, 0.1) is 42.3 Å². The smallest absolute Gasteiger partial charge is 0.315 e. The molecule has 2 unspecified atom stereocenters. The van der Waals surface area contributed by atoms with Gasteiger partial charge in [-0.25, -0.2) is 18.4 Å². The van der Waals surface area contributed by atoms with Gasteiger partial charge in [0.1, 0.15) is 0 Å². The zero-order valence-electron chi connectivity index (χ0n) is 18.8. The number of carbonyl (C=O) groups is 2. The molecule has 0 aliphatic rings. The van der Waals surface area contributed by atoms with Crippen LogP contribution in [0.15, 0.2) is 0 Å². The van der Waals surface area contributed by atoms with E-state index in [0.29, 0.717) is 37.6 Å². The van der Waals surface area contributed by atoms with Crippen LogP contribution in [0.3, 0.4) is 0 Å². The van der Waals surface area contributed by atoms with E-state index in [9.17, 15) is 19.8 Å². The average Bonchev–Trinajstić information content (AvgIpc) is 2.70. The van der Waals surface area contributed by atoms with E-state index in [2.05, 4.69) is 23.5 Å². The monoisotopic (exact) mass is 484 g/mol. The molecule has 0 radical (unpaired) electrons. The van der Waals surface area contributed by atoms with Crippen LogP contribution >= 0.6 is 18.4 Å². The number of hydrogen-bond donors (Lipinski definition) is 4. The number of aliphatic hydroxyl groups is 2. The van der Waals surface area contributed by atoms with E-state index in [1.54, 1.807) is 13.8 Å². The first-order valence-electron chi connectivity index (χ1n) is 9.99. The summed E-state index contributed by atoms with van der Waals surface area (Å²) in [7, 11) is -3.56. The summed E-state index contributed by atoms with van der Waals surface area (Å²) in [6.07, 6.45) is 1.15. The average molecular weight is 485 g/mol. The standard InChI is InChI=1S/C21H40O8S2/c1-17(19(24)25)30(3,4)11-7-9-28-15-21(13-22,14-23)16-29-10-8-12-31(5,6)18(2)20(26)27/h17-18,22-23H,3-16H2,1-2H3,(H,24,25)(H,26,27). The third-order valence-electron chi connectivity index (χ3n) is 5.36. The quantitative estimate of drug-likeness (QED) is 0.168. The van der Waals surface area contributed by atoms with Gasteiger partial charge in [-0.3, -0.25) is 9.59 Å². The second-order valence-corrected chi connectivity index (χ2v) is 14.9. The Hall–Kier alpha value is -1.04. The van der Waals surface area contributed by atoms with Gasteiger partial charge in [0.15, 0.2) is 0 Å². The van der Waals surface area contributed by atoms with Gasteiger partial charge in [-0.15, -0.1) is 0 Å². The van der Waals surface area contributed by atoms with E-state index >= 15 is 0 Å². The maximum atomic E-state index is 11.1. The molecule has 0 fully saturated rings. The van der Waals surface area contributed by atoms with Crippen molar-refractivity contribution in [1.82, 2.24) is 0 Å². The molecule has 0 amide bonds. The summed E-state index contributed by atoms with van der Waals surface area (Å²) in [6.45, 7) is 3.39. The maximum Gasteiger partial charge on any atom is 0.315 e. The highest BCUT2D eigenvalue weighted by Gasteiger charge is 2.30. The molecule has 10 heteroatoms. The summed E-state index contributed by atoms with van der Waals surface area (Å²) in [6, 6.07) is 0. The molecule has 0 aromatic rings. The van der Waals surface area contributed by atoms with Crippen molar-refractivity contribution in [3.63, 3.8) is 0 Å². The molecule has 0 bridgehead atoms. The molecule has 31 heavy (non-hydrogen) atoms. The molecule has 0 saturated heterocycles. The topological polar surface area (TPSA) is 134 Å². The van der Waals surface area contributed by atoms with E-state index in [1.165, 1.54) is 0 Å². The Bertz CT molecular complexity index is 705. The van der Waals surface area contributed by atoms with Gasteiger partial charge in [-0.05, 0) is 38.2 Å². The Morgan fingerprint density at radius 3 is 1.39 bits per heavy atom. The third kappa shape index (κ3) is 10.4. The summed E-state index contributed by atoms with van der Waals surface area (Å²) in [5.41, 5.74) is -0.958. The van der Waals surface area contributed by atoms with Crippen molar-refractivity contribution in [1.29, 1.82) is 0 Å². The molecule has 2 atom stereocenters. The van der Waals surface area contributed by atoms with Gasteiger partial charge in [-0.2, -0.15) is 0 Å². The highest BCUT2D eigenvalue weighted by molar-refractivity contribution is 8.29. The van der Waals surface area contributed by atoms with Gasteiger partial charge in [0, 0.05) is 13.2 Å². The molecule has 8 nitrogen and oxygen atoms in total. The number of ether oxygens (including phenoxy) is 2. The van der Waals surface area contributed by atoms with Crippen LogP contribution in [0.25, 0.3) is 0 Å². The predicted molar refractivity (Wildman–Crippen MR) is 135 cm³/mol. The minimum Gasteiger partial charge on any atom is -0.480 e. The second-order valence-electron chi connectivity index (χ2n) is 8.22. The van der Waals surface area contributed by atoms with Crippen molar-refractivity contribution in [2.75, 3.05) is 51.1 Å². The molecular weight excluding hydrogens is 444 g/mol. The van der Waals surface area contributed by atoms with E-state index in [1.807, 2.05) is 0 Å². The fourth-order valence-electron chi connectivity index (χ4n) is 2.53. The predicted octanol–water partition coefficient (Wildman–Crippen LogP) is 1.05. The van der Waals surface area contributed by atoms with Crippen LogP contribution in [0.5, 0.6) is 0 Å². The number of hydrogen-bond acceptors (Lipinski definition) is 6. The Labute approximate surface area is 187 Å². The summed E-state index contributed by atoms with van der Waals surface area (Å²) in [5.74, 6) is 15.1. The van der Waals surface area contributed by atoms with Gasteiger partial charge in [0.2, 0.25) is 0 Å². The first kappa shape index (κ1) is 30.0. The second kappa shape index (κ2) is 13.5. The van der Waals surface area contributed by atoms with Gasteiger partial charge in [0.25, 0.3) is 0 Å². The Kier molecular flexibility index (Phi) is 13.0. The SMILES string of the molecule is C=S(=C)(CCCOCC(CO)(CO)COCCCS(=C)(=C)C(C)C(=O)O)C(C)C(=O)O. The van der Waals surface area contributed by atoms with Crippen LogP contribution in [0, 0.1) is 5.41 Å². The van der Waals surface area contributed by atoms with Crippen LogP contribution in [0.1, 0.15) is 26.7 Å². The van der Waals surface area contributed by atoms with Crippen molar-refractivity contribution >= 4 is 53.8 Å². The molecule has 0 aromatic carbocycles. The zero-order chi connectivity index (χ0) is 24.3. The maximum absolute atomic E-state index is 11.1. The fourth-order valence-corrected chi connectivity index (χ4v) is 5.48. The number of rotatable bonds is 18. The van der Waals surface area contributed by atoms with Crippen LogP contribution in [0.2, 0.25) is 0 Å². The van der Waals surface area contributed by atoms with E-state index < -0.39 is 46.3 Å². The van der Waals surface area contributed by atoms with Crippen LogP contribution in [-0.4, -0.2) is 117 Å². The summed E-state index contributed by atoms with van der Waals surface area (Å²) >= 11 is 0. The molecule has 0 heterocycles. The lowest BCUT2D eigenvalue weighted by atomic mass is 9.92. The number of aliphatic carboxylic acids is 2. The molecular formula is C21H40O8S2. The Balaban J connectivity index is 4.42. The molecule has 0 saturated carbocycles. The van der Waals surface area contributed by atoms with E-state index in [4.69, 9.17) is 19.7 Å². The molecule has 0 rings (SSSR count). The number of carboxylic acids is 2. The lowest BCUT2D eigenvalue weighted by Gasteiger charge is -2.29. The molecule has 0 aromatic heterocycles. The van der Waals surface area contributed by atoms with E-state index in [-0.39, 0.29) is 26.4 Å². The Morgan fingerprint density at radius 1 is 0.806 bits per heavy atom. The number of aliphatic hydroxyl groups excluding tert-OH is 2. The first-order valence-corrected chi connectivity index (χ1v) is 14.4. The minimum absolute atomic E-state index is 0.0843. The van der Waals surface area contributed by atoms with Gasteiger partial charge >= 0.3 is 11.9 Å². The molecule has 4 N–H and O–H groups in total. The highest BCUT2D eigenvalue weighted by Crippen LogP contribution is 2.28. The Morgan fingerprint density at radius 2 is 1.13 bits per heavy atom. The molecule has 184 valence electrons. The van der Waals surface area contributed by atoms with Crippen molar-refractivity contribution in [2.24, 2.45) is 5.41 Å². The largest absolute Gasteiger partial charge is 0.480 e. The molecule has 0 spiro atoms. The fraction of sp³-hybridized carbons (Fsp3) is 0.714. The first-order chi connectivity index (χ1) is 14.2. The summed E-state index contributed by atoms with van der Waals surface area (Å²) in [4.78, 5) is 22.2. The van der Waals surface area contributed by atoms with Crippen molar-refractivity contribution in [2.45, 2.75) is 37.2 Å².